The van der Waals surface area contributed by atoms with Crippen LogP contribution in [0.2, 0.25) is 0 Å². The predicted molar refractivity (Wildman–Crippen MR) is 57.0 cm³/mol. The SMILES string of the molecule is C=C(Br)CN(CC)CC(C)C(=O)O. The second-order valence-electron chi connectivity index (χ2n) is 3.08. The minimum atomic E-state index is -0.751. The number of rotatable bonds is 6. The number of hydrogen-bond acceptors (Lipinski definition) is 2. The zero-order valence-corrected chi connectivity index (χ0v) is 9.67. The van der Waals surface area contributed by atoms with E-state index in [1.807, 2.05) is 11.8 Å². The number of carboxylic acid groups (broad SMARTS) is 1. The van der Waals surface area contributed by atoms with Crippen LogP contribution >= 0.6 is 15.9 Å². The van der Waals surface area contributed by atoms with Crippen molar-refractivity contribution in [3.63, 3.8) is 0 Å². The summed E-state index contributed by atoms with van der Waals surface area (Å²) in [6, 6.07) is 0. The van der Waals surface area contributed by atoms with Gasteiger partial charge in [-0.05, 0) is 6.54 Å². The molecular formula is C9H16BrNO2. The number of carboxylic acids is 1. The lowest BCUT2D eigenvalue weighted by Gasteiger charge is -2.21. The number of halogens is 1. The maximum atomic E-state index is 10.6. The van der Waals surface area contributed by atoms with Gasteiger partial charge in [-0.25, -0.2) is 0 Å². The summed E-state index contributed by atoms with van der Waals surface area (Å²) in [5, 5.41) is 8.70. The van der Waals surface area contributed by atoms with Crippen LogP contribution in [0.15, 0.2) is 11.1 Å². The molecule has 0 spiro atoms. The van der Waals surface area contributed by atoms with Gasteiger partial charge in [-0.1, -0.05) is 36.4 Å². The van der Waals surface area contributed by atoms with Gasteiger partial charge in [0.2, 0.25) is 0 Å². The van der Waals surface area contributed by atoms with Gasteiger partial charge in [0.25, 0.3) is 0 Å². The van der Waals surface area contributed by atoms with Crippen LogP contribution in [-0.4, -0.2) is 35.6 Å². The summed E-state index contributed by atoms with van der Waals surface area (Å²) in [4.78, 5) is 12.6. The summed E-state index contributed by atoms with van der Waals surface area (Å²) in [7, 11) is 0. The molecule has 0 saturated carbocycles. The first-order chi connectivity index (χ1) is 5.97. The molecule has 0 rings (SSSR count). The van der Waals surface area contributed by atoms with Gasteiger partial charge >= 0.3 is 5.97 Å². The van der Waals surface area contributed by atoms with E-state index in [0.717, 1.165) is 11.0 Å². The minimum Gasteiger partial charge on any atom is -0.481 e. The molecule has 0 aliphatic rings. The van der Waals surface area contributed by atoms with Crippen LogP contribution in [0.4, 0.5) is 0 Å². The van der Waals surface area contributed by atoms with Gasteiger partial charge < -0.3 is 5.11 Å². The van der Waals surface area contributed by atoms with E-state index in [4.69, 9.17) is 5.11 Å². The highest BCUT2D eigenvalue weighted by Crippen LogP contribution is 2.07. The minimum absolute atomic E-state index is 0.327. The molecule has 0 aromatic heterocycles. The third kappa shape index (κ3) is 5.82. The Morgan fingerprint density at radius 2 is 2.23 bits per heavy atom. The van der Waals surface area contributed by atoms with Crippen LogP contribution in [0.1, 0.15) is 13.8 Å². The average Bonchev–Trinajstić information content (AvgIpc) is 2.02. The second kappa shape index (κ2) is 6.16. The van der Waals surface area contributed by atoms with Crippen molar-refractivity contribution in [1.29, 1.82) is 0 Å². The fraction of sp³-hybridized carbons (Fsp3) is 0.667. The van der Waals surface area contributed by atoms with E-state index in [-0.39, 0.29) is 5.92 Å². The van der Waals surface area contributed by atoms with Crippen LogP contribution in [0.3, 0.4) is 0 Å². The fourth-order valence-electron chi connectivity index (χ4n) is 1.01. The Labute approximate surface area is 87.6 Å². The Bertz CT molecular complexity index is 194. The predicted octanol–water partition coefficient (Wildman–Crippen LogP) is 1.94. The molecule has 0 aromatic rings. The number of aliphatic carboxylic acids is 1. The van der Waals surface area contributed by atoms with Crippen molar-refractivity contribution in [3.8, 4) is 0 Å². The summed E-state index contributed by atoms with van der Waals surface area (Å²) in [5.74, 6) is -1.08. The molecule has 1 unspecified atom stereocenters. The molecule has 1 atom stereocenters. The van der Waals surface area contributed by atoms with Gasteiger partial charge in [0.05, 0.1) is 5.92 Å². The zero-order valence-electron chi connectivity index (χ0n) is 8.09. The molecule has 0 aromatic carbocycles. The highest BCUT2D eigenvalue weighted by atomic mass is 79.9. The number of likely N-dealkylation sites (N-methyl/N-ethyl adjacent to an activating group) is 1. The van der Waals surface area contributed by atoms with E-state index in [0.29, 0.717) is 13.1 Å². The molecule has 0 fully saturated rings. The highest BCUT2D eigenvalue weighted by Gasteiger charge is 2.14. The Kier molecular flexibility index (Phi) is 5.99. The van der Waals surface area contributed by atoms with E-state index in [2.05, 4.69) is 22.5 Å². The van der Waals surface area contributed by atoms with Crippen molar-refractivity contribution in [1.82, 2.24) is 4.90 Å². The van der Waals surface area contributed by atoms with Crippen LogP contribution < -0.4 is 0 Å². The van der Waals surface area contributed by atoms with Crippen molar-refractivity contribution < 1.29 is 9.90 Å². The van der Waals surface area contributed by atoms with Crippen LogP contribution in [0, 0.1) is 5.92 Å². The van der Waals surface area contributed by atoms with Gasteiger partial charge in [-0.2, -0.15) is 0 Å². The quantitative estimate of drug-likeness (QED) is 0.783. The van der Waals surface area contributed by atoms with E-state index in [1.165, 1.54) is 0 Å². The molecule has 76 valence electrons. The highest BCUT2D eigenvalue weighted by molar-refractivity contribution is 9.11. The van der Waals surface area contributed by atoms with Gasteiger partial charge in [-0.15, -0.1) is 0 Å². The summed E-state index contributed by atoms with van der Waals surface area (Å²) in [5.41, 5.74) is 0. The summed E-state index contributed by atoms with van der Waals surface area (Å²) >= 11 is 3.26. The molecule has 0 heterocycles. The zero-order chi connectivity index (χ0) is 10.4. The summed E-state index contributed by atoms with van der Waals surface area (Å²) < 4.78 is 0.881. The Morgan fingerprint density at radius 3 is 2.54 bits per heavy atom. The number of nitrogens with zero attached hydrogens (tertiary/aromatic N) is 1. The molecule has 0 radical (unpaired) electrons. The lowest BCUT2D eigenvalue weighted by molar-refractivity contribution is -0.141. The van der Waals surface area contributed by atoms with Crippen LogP contribution in [-0.2, 0) is 4.79 Å². The lowest BCUT2D eigenvalue weighted by Crippen LogP contribution is -2.32. The summed E-state index contributed by atoms with van der Waals surface area (Å²) in [6.07, 6.45) is 0. The van der Waals surface area contributed by atoms with Crippen LogP contribution in [0.5, 0.6) is 0 Å². The van der Waals surface area contributed by atoms with E-state index in [9.17, 15) is 4.79 Å². The molecule has 3 nitrogen and oxygen atoms in total. The monoisotopic (exact) mass is 249 g/mol. The largest absolute Gasteiger partial charge is 0.481 e. The second-order valence-corrected chi connectivity index (χ2v) is 4.21. The van der Waals surface area contributed by atoms with Gasteiger partial charge in [0, 0.05) is 17.6 Å². The first-order valence-corrected chi connectivity index (χ1v) is 5.05. The van der Waals surface area contributed by atoms with Crippen molar-refractivity contribution in [2.24, 2.45) is 5.92 Å². The molecule has 0 saturated heterocycles. The third-order valence-corrected chi connectivity index (χ3v) is 2.05. The fourth-order valence-corrected chi connectivity index (χ4v) is 1.37. The number of hydrogen-bond donors (Lipinski definition) is 1. The molecule has 0 amide bonds. The summed E-state index contributed by atoms with van der Waals surface area (Å²) in [6.45, 7) is 9.54. The average molecular weight is 250 g/mol. The van der Waals surface area contributed by atoms with Crippen molar-refractivity contribution in [2.45, 2.75) is 13.8 Å². The maximum absolute atomic E-state index is 10.6. The first-order valence-electron chi connectivity index (χ1n) is 4.25. The standard InChI is InChI=1S/C9H16BrNO2/c1-4-11(6-8(3)10)5-7(2)9(12)13/h7H,3-6H2,1-2H3,(H,12,13). The maximum Gasteiger partial charge on any atom is 0.307 e. The number of carbonyl (C=O) groups is 1. The van der Waals surface area contributed by atoms with Gasteiger partial charge in [0.1, 0.15) is 0 Å². The lowest BCUT2D eigenvalue weighted by atomic mass is 10.2. The van der Waals surface area contributed by atoms with E-state index >= 15 is 0 Å². The van der Waals surface area contributed by atoms with Crippen molar-refractivity contribution >= 4 is 21.9 Å². The van der Waals surface area contributed by atoms with E-state index < -0.39 is 5.97 Å². The Morgan fingerprint density at radius 1 is 1.69 bits per heavy atom. The normalized spacial score (nSPS) is 12.9. The van der Waals surface area contributed by atoms with Gasteiger partial charge in [0.15, 0.2) is 0 Å². The topological polar surface area (TPSA) is 40.5 Å². The smallest absolute Gasteiger partial charge is 0.307 e. The van der Waals surface area contributed by atoms with Crippen molar-refractivity contribution in [3.05, 3.63) is 11.1 Å². The molecule has 0 bridgehead atoms. The molecule has 4 heteroatoms. The Hall–Kier alpha value is -0.350. The Balaban J connectivity index is 3.97. The van der Waals surface area contributed by atoms with Gasteiger partial charge in [-0.3, -0.25) is 9.69 Å². The van der Waals surface area contributed by atoms with Crippen molar-refractivity contribution in [2.75, 3.05) is 19.6 Å². The first kappa shape index (κ1) is 12.7. The molecular weight excluding hydrogens is 234 g/mol. The van der Waals surface area contributed by atoms with Crippen LogP contribution in [0.25, 0.3) is 0 Å². The molecule has 13 heavy (non-hydrogen) atoms. The van der Waals surface area contributed by atoms with E-state index in [1.54, 1.807) is 6.92 Å². The molecule has 0 aliphatic carbocycles. The molecule has 0 aliphatic heterocycles. The molecule has 1 N–H and O–H groups in total. The third-order valence-electron chi connectivity index (χ3n) is 1.80.